The molecule has 0 spiro atoms. The van der Waals surface area contributed by atoms with E-state index in [9.17, 15) is 18.0 Å². The highest BCUT2D eigenvalue weighted by Gasteiger charge is 2.25. The van der Waals surface area contributed by atoms with Gasteiger partial charge in [0.05, 0.1) is 15.5 Å². The second-order valence-electron chi connectivity index (χ2n) is 4.61. The van der Waals surface area contributed by atoms with E-state index in [2.05, 4.69) is 10.0 Å². The maximum atomic E-state index is 12.2. The van der Waals surface area contributed by atoms with E-state index in [-0.39, 0.29) is 34.4 Å². The zero-order chi connectivity index (χ0) is 15.6. The Bertz CT molecular complexity index is 679. The van der Waals surface area contributed by atoms with Crippen LogP contribution in [-0.4, -0.2) is 38.0 Å². The third kappa shape index (κ3) is 3.72. The molecule has 1 amide bonds. The molecule has 1 heterocycles. The summed E-state index contributed by atoms with van der Waals surface area (Å²) in [5.41, 5.74) is -0.166. The molecule has 0 aliphatic carbocycles. The van der Waals surface area contributed by atoms with Crippen LogP contribution >= 0.6 is 11.6 Å². The van der Waals surface area contributed by atoms with Gasteiger partial charge in [0.1, 0.15) is 0 Å². The van der Waals surface area contributed by atoms with E-state index >= 15 is 0 Å². The van der Waals surface area contributed by atoms with Crippen LogP contribution in [0.5, 0.6) is 0 Å². The highest BCUT2D eigenvalue weighted by atomic mass is 35.5. The normalized spacial score (nSPS) is 19.1. The summed E-state index contributed by atoms with van der Waals surface area (Å²) >= 11 is 5.76. The molecule has 0 saturated carbocycles. The number of sulfonamides is 1. The van der Waals surface area contributed by atoms with Crippen molar-refractivity contribution >= 4 is 33.5 Å². The summed E-state index contributed by atoms with van der Waals surface area (Å²) in [6.07, 6.45) is 0.665. The predicted molar refractivity (Wildman–Crippen MR) is 74.8 cm³/mol. The van der Waals surface area contributed by atoms with E-state index in [1.54, 1.807) is 0 Å². The molecule has 1 atom stereocenters. The lowest BCUT2D eigenvalue weighted by molar-refractivity contribution is -0.122. The highest BCUT2D eigenvalue weighted by Crippen LogP contribution is 2.21. The highest BCUT2D eigenvalue weighted by molar-refractivity contribution is 7.89. The molecule has 1 aromatic rings. The Morgan fingerprint density at radius 1 is 1.43 bits per heavy atom. The van der Waals surface area contributed by atoms with Gasteiger partial charge in [0.25, 0.3) is 0 Å². The smallest absolute Gasteiger partial charge is 0.337 e. The summed E-state index contributed by atoms with van der Waals surface area (Å²) in [5.74, 6) is -1.34. The summed E-state index contributed by atoms with van der Waals surface area (Å²) in [6.45, 7) is 0.221. The molecule has 0 aromatic heterocycles. The third-order valence-electron chi connectivity index (χ3n) is 3.07. The van der Waals surface area contributed by atoms with E-state index in [0.717, 1.165) is 12.1 Å². The Labute approximate surface area is 126 Å². The number of hydrogen-bond donors (Lipinski definition) is 3. The van der Waals surface area contributed by atoms with Crippen LogP contribution in [0.25, 0.3) is 0 Å². The number of rotatable bonds is 4. The summed E-state index contributed by atoms with van der Waals surface area (Å²) in [5, 5.41) is 11.3. The van der Waals surface area contributed by atoms with E-state index in [4.69, 9.17) is 16.7 Å². The maximum Gasteiger partial charge on any atom is 0.337 e. The van der Waals surface area contributed by atoms with Crippen molar-refractivity contribution in [1.82, 2.24) is 10.0 Å². The Balaban J connectivity index is 2.18. The number of carboxylic acid groups (broad SMARTS) is 1. The summed E-state index contributed by atoms with van der Waals surface area (Å²) < 4.78 is 26.8. The Hall–Kier alpha value is -1.64. The predicted octanol–water partition coefficient (Wildman–Crippen LogP) is 0.595. The molecule has 1 saturated heterocycles. The van der Waals surface area contributed by atoms with Gasteiger partial charge in [-0.3, -0.25) is 4.79 Å². The number of hydrogen-bond acceptors (Lipinski definition) is 4. The van der Waals surface area contributed by atoms with Gasteiger partial charge in [-0.25, -0.2) is 17.9 Å². The van der Waals surface area contributed by atoms with Gasteiger partial charge in [0, 0.05) is 19.0 Å². The van der Waals surface area contributed by atoms with E-state index < -0.39 is 22.0 Å². The molecule has 114 valence electrons. The van der Waals surface area contributed by atoms with Gasteiger partial charge in [-0.15, -0.1) is 0 Å². The van der Waals surface area contributed by atoms with Gasteiger partial charge in [0.15, 0.2) is 0 Å². The van der Waals surface area contributed by atoms with E-state index in [1.165, 1.54) is 6.07 Å². The number of halogens is 1. The molecule has 2 rings (SSSR count). The van der Waals surface area contributed by atoms with Crippen LogP contribution in [0.2, 0.25) is 5.02 Å². The number of amides is 1. The summed E-state index contributed by atoms with van der Waals surface area (Å²) in [4.78, 5) is 21.8. The van der Waals surface area contributed by atoms with Crippen molar-refractivity contribution in [3.05, 3.63) is 28.8 Å². The van der Waals surface area contributed by atoms with Gasteiger partial charge in [-0.2, -0.15) is 0 Å². The van der Waals surface area contributed by atoms with Crippen LogP contribution in [-0.2, 0) is 14.8 Å². The molecule has 9 heteroatoms. The topological polar surface area (TPSA) is 113 Å². The van der Waals surface area contributed by atoms with Gasteiger partial charge in [-0.05, 0) is 24.6 Å². The van der Waals surface area contributed by atoms with Crippen molar-refractivity contribution in [3.8, 4) is 0 Å². The van der Waals surface area contributed by atoms with Crippen molar-refractivity contribution in [2.45, 2.75) is 23.8 Å². The Morgan fingerprint density at radius 2 is 2.14 bits per heavy atom. The number of carbonyl (C=O) groups is 2. The zero-order valence-corrected chi connectivity index (χ0v) is 12.4. The van der Waals surface area contributed by atoms with Gasteiger partial charge >= 0.3 is 5.97 Å². The molecule has 7 nitrogen and oxygen atoms in total. The molecule has 1 aliphatic rings. The van der Waals surface area contributed by atoms with E-state index in [1.807, 2.05) is 0 Å². The fourth-order valence-corrected chi connectivity index (χ4v) is 3.58. The molecule has 3 N–H and O–H groups in total. The number of benzene rings is 1. The largest absolute Gasteiger partial charge is 0.478 e. The van der Waals surface area contributed by atoms with Gasteiger partial charge in [0.2, 0.25) is 15.9 Å². The minimum Gasteiger partial charge on any atom is -0.478 e. The fourth-order valence-electron chi connectivity index (χ4n) is 1.96. The van der Waals surface area contributed by atoms with Crippen molar-refractivity contribution < 1.29 is 23.1 Å². The molecular formula is C12H13ClN2O5S. The lowest BCUT2D eigenvalue weighted by Gasteiger charge is -2.23. The van der Waals surface area contributed by atoms with Crippen LogP contribution in [0.1, 0.15) is 23.2 Å². The SMILES string of the molecule is O=C1CCC(NS(=O)(=O)c2ccc(C(=O)O)c(Cl)c2)CN1. The molecule has 21 heavy (non-hydrogen) atoms. The Kier molecular flexibility index (Phi) is 4.50. The van der Waals surface area contributed by atoms with Crippen LogP contribution in [0, 0.1) is 0 Å². The fraction of sp³-hybridized carbons (Fsp3) is 0.333. The minimum absolute atomic E-state index is 0.112. The second-order valence-corrected chi connectivity index (χ2v) is 6.73. The van der Waals surface area contributed by atoms with Crippen molar-refractivity contribution in [3.63, 3.8) is 0 Å². The average molecular weight is 333 g/mol. The maximum absolute atomic E-state index is 12.2. The molecule has 1 aromatic carbocycles. The van der Waals surface area contributed by atoms with Crippen molar-refractivity contribution in [1.29, 1.82) is 0 Å². The number of nitrogens with one attached hydrogen (secondary N) is 2. The first-order chi connectivity index (χ1) is 9.79. The van der Waals surface area contributed by atoms with Crippen molar-refractivity contribution in [2.24, 2.45) is 0 Å². The molecule has 1 aliphatic heterocycles. The first-order valence-corrected chi connectivity index (χ1v) is 7.97. The lowest BCUT2D eigenvalue weighted by atomic mass is 10.1. The van der Waals surface area contributed by atoms with E-state index in [0.29, 0.717) is 6.42 Å². The molecular weight excluding hydrogens is 320 g/mol. The standard InChI is InChI=1S/C12H13ClN2O5S/c13-10-5-8(2-3-9(10)12(17)18)21(19,20)15-7-1-4-11(16)14-6-7/h2-3,5,7,15H,1,4,6H2,(H,14,16)(H,17,18). The summed E-state index contributed by atoms with van der Waals surface area (Å²) in [6, 6.07) is 3.01. The number of aromatic carboxylic acids is 1. The minimum atomic E-state index is -3.82. The van der Waals surface area contributed by atoms with Crippen molar-refractivity contribution in [2.75, 3.05) is 6.54 Å². The Morgan fingerprint density at radius 3 is 2.67 bits per heavy atom. The molecule has 1 fully saturated rings. The number of carbonyl (C=O) groups excluding carboxylic acids is 1. The quantitative estimate of drug-likeness (QED) is 0.747. The van der Waals surface area contributed by atoms with Crippen LogP contribution < -0.4 is 10.0 Å². The van der Waals surface area contributed by atoms with Crippen LogP contribution in [0.15, 0.2) is 23.1 Å². The van der Waals surface area contributed by atoms with Gasteiger partial charge in [-0.1, -0.05) is 11.6 Å². The van der Waals surface area contributed by atoms with Crippen LogP contribution in [0.3, 0.4) is 0 Å². The summed E-state index contributed by atoms with van der Waals surface area (Å²) in [7, 11) is -3.82. The van der Waals surface area contributed by atoms with Crippen LogP contribution in [0.4, 0.5) is 0 Å². The number of carboxylic acids is 1. The molecule has 0 radical (unpaired) electrons. The number of piperidine rings is 1. The average Bonchev–Trinajstić information content (AvgIpc) is 2.40. The zero-order valence-electron chi connectivity index (χ0n) is 10.8. The second kappa shape index (κ2) is 6.00. The third-order valence-corrected chi connectivity index (χ3v) is 4.90. The first kappa shape index (κ1) is 15.7. The monoisotopic (exact) mass is 332 g/mol. The lowest BCUT2D eigenvalue weighted by Crippen LogP contribution is -2.47. The van der Waals surface area contributed by atoms with Gasteiger partial charge < -0.3 is 10.4 Å². The molecule has 1 unspecified atom stereocenters. The molecule has 0 bridgehead atoms. The first-order valence-electron chi connectivity index (χ1n) is 6.11.